The molecule has 0 spiro atoms. The van der Waals surface area contributed by atoms with Gasteiger partial charge in [0.25, 0.3) is 0 Å². The predicted octanol–water partition coefficient (Wildman–Crippen LogP) is 2.84. The third-order valence-corrected chi connectivity index (χ3v) is 4.39. The number of hydrogen-bond donors (Lipinski definition) is 2. The minimum atomic E-state index is -0.183. The maximum Gasteiger partial charge on any atom is 0.191 e. The van der Waals surface area contributed by atoms with Crippen LogP contribution in [0.3, 0.4) is 0 Å². The second-order valence-electron chi connectivity index (χ2n) is 5.96. The maximum absolute atomic E-state index is 13.2. The second kappa shape index (κ2) is 8.87. The second-order valence-corrected chi connectivity index (χ2v) is 5.96. The molecule has 1 aromatic carbocycles. The molecule has 2 rings (SSSR count). The largest absolute Gasteiger partial charge is 0.380 e. The lowest BCUT2D eigenvalue weighted by molar-refractivity contribution is 0.152. The van der Waals surface area contributed by atoms with E-state index in [0.29, 0.717) is 6.61 Å². The zero-order chi connectivity index (χ0) is 16.5. The molecule has 4 nitrogen and oxygen atoms in total. The Morgan fingerprint density at radius 3 is 2.52 bits per heavy atom. The SMILES string of the molecule is CCNC(=NCC1(c2ccc(F)cc2)CCC1)NCCOCC. The van der Waals surface area contributed by atoms with Crippen LogP contribution >= 0.6 is 0 Å². The van der Waals surface area contributed by atoms with E-state index in [1.807, 2.05) is 19.1 Å². The van der Waals surface area contributed by atoms with Crippen molar-refractivity contribution in [3.63, 3.8) is 0 Å². The van der Waals surface area contributed by atoms with E-state index in [4.69, 9.17) is 9.73 Å². The molecule has 5 heteroatoms. The van der Waals surface area contributed by atoms with Crippen molar-refractivity contribution in [2.75, 3.05) is 32.8 Å². The molecule has 1 fully saturated rings. The Bertz CT molecular complexity index is 497. The number of benzene rings is 1. The fraction of sp³-hybridized carbons (Fsp3) is 0.611. The van der Waals surface area contributed by atoms with Gasteiger partial charge in [-0.2, -0.15) is 0 Å². The quantitative estimate of drug-likeness (QED) is 0.440. The highest BCUT2D eigenvalue weighted by atomic mass is 19.1. The number of guanidine groups is 1. The van der Waals surface area contributed by atoms with Gasteiger partial charge in [0.15, 0.2) is 5.96 Å². The van der Waals surface area contributed by atoms with Crippen LogP contribution in [0.4, 0.5) is 4.39 Å². The molecule has 1 aromatic rings. The molecule has 0 saturated heterocycles. The molecule has 23 heavy (non-hydrogen) atoms. The van der Waals surface area contributed by atoms with Crippen LogP contribution in [0, 0.1) is 5.82 Å². The molecular formula is C18H28FN3O. The maximum atomic E-state index is 13.2. The zero-order valence-corrected chi connectivity index (χ0v) is 14.2. The third-order valence-electron chi connectivity index (χ3n) is 4.39. The molecular weight excluding hydrogens is 293 g/mol. The fourth-order valence-electron chi connectivity index (χ4n) is 2.90. The van der Waals surface area contributed by atoms with Crippen LogP contribution in [-0.4, -0.2) is 38.8 Å². The summed E-state index contributed by atoms with van der Waals surface area (Å²) in [6, 6.07) is 6.90. The van der Waals surface area contributed by atoms with E-state index in [2.05, 4.69) is 17.6 Å². The molecule has 0 unspecified atom stereocenters. The highest BCUT2D eigenvalue weighted by molar-refractivity contribution is 5.79. The summed E-state index contributed by atoms with van der Waals surface area (Å²) in [5.74, 6) is 0.637. The van der Waals surface area contributed by atoms with E-state index >= 15 is 0 Å². The molecule has 0 aromatic heterocycles. The first kappa shape index (κ1) is 17.7. The molecule has 0 aliphatic heterocycles. The minimum absolute atomic E-state index is 0.0654. The number of nitrogens with one attached hydrogen (secondary N) is 2. The Kier molecular flexibility index (Phi) is 6.84. The molecule has 1 saturated carbocycles. The number of nitrogens with zero attached hydrogens (tertiary/aromatic N) is 1. The van der Waals surface area contributed by atoms with Crippen LogP contribution in [0.15, 0.2) is 29.3 Å². The standard InChI is InChI=1S/C18H28FN3O/c1-3-20-17(21-12-13-23-4-2)22-14-18(10-5-11-18)15-6-8-16(19)9-7-15/h6-9H,3-5,10-14H2,1-2H3,(H2,20,21,22). The average molecular weight is 321 g/mol. The van der Waals surface area contributed by atoms with E-state index in [1.54, 1.807) is 12.1 Å². The van der Waals surface area contributed by atoms with Crippen molar-refractivity contribution in [1.29, 1.82) is 0 Å². The molecule has 1 aliphatic carbocycles. The van der Waals surface area contributed by atoms with Crippen LogP contribution in [0.5, 0.6) is 0 Å². The van der Waals surface area contributed by atoms with Gasteiger partial charge in [-0.05, 0) is 44.4 Å². The van der Waals surface area contributed by atoms with Crippen molar-refractivity contribution in [3.8, 4) is 0 Å². The van der Waals surface area contributed by atoms with Crippen LogP contribution in [0.2, 0.25) is 0 Å². The van der Waals surface area contributed by atoms with Crippen molar-refractivity contribution in [1.82, 2.24) is 10.6 Å². The average Bonchev–Trinajstić information content (AvgIpc) is 2.52. The Morgan fingerprint density at radius 2 is 1.96 bits per heavy atom. The molecule has 0 radical (unpaired) electrons. The van der Waals surface area contributed by atoms with Crippen LogP contribution in [0.1, 0.15) is 38.7 Å². The van der Waals surface area contributed by atoms with Gasteiger partial charge in [0.1, 0.15) is 5.82 Å². The third kappa shape index (κ3) is 4.93. The topological polar surface area (TPSA) is 45.7 Å². The van der Waals surface area contributed by atoms with E-state index in [1.165, 1.54) is 12.0 Å². The number of ether oxygens (including phenoxy) is 1. The molecule has 1 aliphatic rings. The van der Waals surface area contributed by atoms with Gasteiger partial charge in [-0.15, -0.1) is 0 Å². The molecule has 0 atom stereocenters. The highest BCUT2D eigenvalue weighted by Gasteiger charge is 2.38. The summed E-state index contributed by atoms with van der Waals surface area (Å²) in [5.41, 5.74) is 1.26. The lowest BCUT2D eigenvalue weighted by atomic mass is 9.64. The lowest BCUT2D eigenvalue weighted by Gasteiger charge is -2.41. The van der Waals surface area contributed by atoms with Crippen molar-refractivity contribution in [2.24, 2.45) is 4.99 Å². The Hall–Kier alpha value is -1.62. The minimum Gasteiger partial charge on any atom is -0.380 e. The van der Waals surface area contributed by atoms with Gasteiger partial charge < -0.3 is 15.4 Å². The number of hydrogen-bond acceptors (Lipinski definition) is 2. The number of halogens is 1. The van der Waals surface area contributed by atoms with Crippen LogP contribution in [-0.2, 0) is 10.2 Å². The van der Waals surface area contributed by atoms with Gasteiger partial charge in [0.2, 0.25) is 0 Å². The van der Waals surface area contributed by atoms with Gasteiger partial charge >= 0.3 is 0 Å². The summed E-state index contributed by atoms with van der Waals surface area (Å²) < 4.78 is 18.5. The molecule has 2 N–H and O–H groups in total. The van der Waals surface area contributed by atoms with Gasteiger partial charge in [-0.25, -0.2) is 4.39 Å². The molecule has 0 heterocycles. The predicted molar refractivity (Wildman–Crippen MR) is 92.4 cm³/mol. The Morgan fingerprint density at radius 1 is 1.22 bits per heavy atom. The first-order chi connectivity index (χ1) is 11.2. The van der Waals surface area contributed by atoms with Gasteiger partial charge in [0.05, 0.1) is 13.2 Å². The Balaban J connectivity index is 1.99. The Labute approximate surface area is 138 Å². The summed E-state index contributed by atoms with van der Waals surface area (Å²) in [5, 5.41) is 6.55. The van der Waals surface area contributed by atoms with E-state index in [0.717, 1.165) is 45.0 Å². The molecule has 0 amide bonds. The first-order valence-corrected chi connectivity index (χ1v) is 8.56. The number of rotatable bonds is 8. The van der Waals surface area contributed by atoms with Gasteiger partial charge in [0, 0.05) is 25.1 Å². The van der Waals surface area contributed by atoms with Crippen LogP contribution < -0.4 is 10.6 Å². The van der Waals surface area contributed by atoms with Crippen LogP contribution in [0.25, 0.3) is 0 Å². The summed E-state index contributed by atoms with van der Waals surface area (Å²) in [7, 11) is 0. The highest BCUT2D eigenvalue weighted by Crippen LogP contribution is 2.43. The smallest absolute Gasteiger partial charge is 0.191 e. The van der Waals surface area contributed by atoms with E-state index in [-0.39, 0.29) is 11.2 Å². The summed E-state index contributed by atoms with van der Waals surface area (Å²) in [6.45, 7) is 7.73. The van der Waals surface area contributed by atoms with Crippen molar-refractivity contribution < 1.29 is 9.13 Å². The van der Waals surface area contributed by atoms with E-state index < -0.39 is 0 Å². The summed E-state index contributed by atoms with van der Waals surface area (Å²) in [6.07, 6.45) is 3.43. The fourth-order valence-corrected chi connectivity index (χ4v) is 2.90. The van der Waals surface area contributed by atoms with Gasteiger partial charge in [-0.1, -0.05) is 18.6 Å². The van der Waals surface area contributed by atoms with E-state index in [9.17, 15) is 4.39 Å². The van der Waals surface area contributed by atoms with Crippen molar-refractivity contribution in [2.45, 2.75) is 38.5 Å². The van der Waals surface area contributed by atoms with Crippen molar-refractivity contribution >= 4 is 5.96 Å². The summed E-state index contributed by atoms with van der Waals surface area (Å²) in [4.78, 5) is 4.75. The molecule has 128 valence electrons. The monoisotopic (exact) mass is 321 g/mol. The molecule has 0 bridgehead atoms. The van der Waals surface area contributed by atoms with Crippen molar-refractivity contribution in [3.05, 3.63) is 35.6 Å². The zero-order valence-electron chi connectivity index (χ0n) is 14.2. The number of aliphatic imine (C=N–C) groups is 1. The normalized spacial score (nSPS) is 16.7. The first-order valence-electron chi connectivity index (χ1n) is 8.56. The van der Waals surface area contributed by atoms with Gasteiger partial charge in [-0.3, -0.25) is 4.99 Å². The lowest BCUT2D eigenvalue weighted by Crippen LogP contribution is -2.42. The summed E-state index contributed by atoms with van der Waals surface area (Å²) >= 11 is 0.